The van der Waals surface area contributed by atoms with Crippen molar-refractivity contribution in [2.45, 2.75) is 192 Å². The van der Waals surface area contributed by atoms with Gasteiger partial charge in [-0.2, -0.15) is 0 Å². The van der Waals surface area contributed by atoms with Gasteiger partial charge in [0.15, 0.2) is 0 Å². The lowest BCUT2D eigenvalue weighted by Crippen LogP contribution is -2.63. The number of hydrogen-bond donors (Lipinski definition) is 8. The first-order valence-electron chi connectivity index (χ1n) is 30.8. The van der Waals surface area contributed by atoms with Crippen molar-refractivity contribution in [3.8, 4) is 0 Å². The van der Waals surface area contributed by atoms with Gasteiger partial charge in [-0.25, -0.2) is 0 Å². The average molecular weight is 1240 g/mol. The highest BCUT2D eigenvalue weighted by Crippen LogP contribution is 2.68. The minimum absolute atomic E-state index is 0. The summed E-state index contributed by atoms with van der Waals surface area (Å²) in [5, 5.41) is 44.7. The third-order valence-corrected chi connectivity index (χ3v) is 19.5. The molecule has 9 N–H and O–H groups in total. The Kier molecular flexibility index (Phi) is 26.3. The van der Waals surface area contributed by atoms with E-state index in [1.807, 2.05) is 6.07 Å². The van der Waals surface area contributed by atoms with Crippen molar-refractivity contribution in [2.75, 3.05) is 7.11 Å². The van der Waals surface area contributed by atoms with Crippen molar-refractivity contribution in [2.24, 2.45) is 52.1 Å². The Morgan fingerprint density at radius 1 is 0.568 bits per heavy atom. The number of nitrogens with one attached hydrogen (secondary N) is 4. The van der Waals surface area contributed by atoms with Crippen molar-refractivity contribution in [1.29, 1.82) is 0 Å². The van der Waals surface area contributed by atoms with Crippen LogP contribution in [0.25, 0.3) is 0 Å². The molecule has 0 aliphatic heterocycles. The summed E-state index contributed by atoms with van der Waals surface area (Å²) in [7, 11) is 1.38. The minimum atomic E-state index is -1.59. The molecule has 0 unspecified atom stereocenters. The maximum absolute atomic E-state index is 14.8. The Labute approximate surface area is 521 Å². The van der Waals surface area contributed by atoms with E-state index in [1.165, 1.54) is 7.11 Å². The SMILES string of the molecule is COC(=O)CC[C@@H](C)[C@H]1CC[C@H]2[C@@H]3[C@H](O)C[C@@H]4C[C@@H](NC(=O)[C@H](CCC(=O)OCc5ccccc5)NC(=O)[C@H](CCC(=O)OCc5ccccc5)NC(=O)[C@H](CCC(=O)OCc5ccccc5)NC(=O)[C@@H](N)CCC(=O)O)CC[C@]4(C)[C@H]3C[C@H](O)[C@]12C.Cl. The van der Waals surface area contributed by atoms with Crippen molar-refractivity contribution < 1.29 is 77.4 Å². The van der Waals surface area contributed by atoms with E-state index in [2.05, 4.69) is 42.0 Å². The Morgan fingerprint density at radius 2 is 1.02 bits per heavy atom. The van der Waals surface area contributed by atoms with E-state index in [9.17, 15) is 58.5 Å². The number of halogens is 1. The number of fused-ring (bicyclic) bond motifs is 5. The molecule has 22 heteroatoms. The molecule has 4 aliphatic rings. The number of rotatable bonds is 30. The standard InChI is InChI=1S/C66H89N5O16.ClH/c1-40(20-28-56(76)84-4)46-21-22-47-60-48(36-54(73)66(46,47)3)65(2)33-32-45(34-44(65)35-53(60)72)68-62(81)50(24-29-57(77)85-37-41-14-8-5-9-15-41)70-64(83)52(26-31-59(79)87-39-43-18-12-7-13-19-43)71-63(82)51(69-61(80)49(67)23-27-55(74)75)25-30-58(78)86-38-42-16-10-6-11-17-42;/h5-19,40,44-54,60,72-73H,20-39,67H2,1-4H3,(H,68,81)(H,69,80)(H,70,83)(H,71,82)(H,74,75);1H/t40-,44+,45+,46-,47+,48+,49+,50+,51+,52+,53-,54+,60+,65+,66-;/m1./s1. The predicted molar refractivity (Wildman–Crippen MR) is 325 cm³/mol. The summed E-state index contributed by atoms with van der Waals surface area (Å²) in [6.45, 7) is 6.35. The fourth-order valence-electron chi connectivity index (χ4n) is 14.5. The van der Waals surface area contributed by atoms with Crippen LogP contribution in [0.15, 0.2) is 91.0 Å². The van der Waals surface area contributed by atoms with Gasteiger partial charge in [0.05, 0.1) is 25.4 Å². The molecule has 4 amide bonds. The zero-order valence-electron chi connectivity index (χ0n) is 50.9. The van der Waals surface area contributed by atoms with Gasteiger partial charge >= 0.3 is 29.8 Å². The van der Waals surface area contributed by atoms with Gasteiger partial charge in [-0.3, -0.25) is 43.2 Å². The first kappa shape index (κ1) is 70.2. The molecule has 0 saturated heterocycles. The molecule has 3 aromatic rings. The van der Waals surface area contributed by atoms with Crippen LogP contribution in [0.3, 0.4) is 0 Å². The minimum Gasteiger partial charge on any atom is -0.481 e. The Hall–Kier alpha value is -6.94. The number of nitrogens with two attached hydrogens (primary N) is 1. The molecule has 3 aromatic carbocycles. The molecule has 0 aromatic heterocycles. The first-order valence-corrected chi connectivity index (χ1v) is 30.8. The molecule has 0 radical (unpaired) electrons. The van der Waals surface area contributed by atoms with E-state index in [0.29, 0.717) is 56.1 Å². The lowest BCUT2D eigenvalue weighted by molar-refractivity contribution is -0.202. The molecule has 21 nitrogen and oxygen atoms in total. The predicted octanol–water partition coefficient (Wildman–Crippen LogP) is 6.30. The zero-order valence-corrected chi connectivity index (χ0v) is 51.8. The van der Waals surface area contributed by atoms with Crippen molar-refractivity contribution in [3.05, 3.63) is 108 Å². The molecule has 0 spiro atoms. The molecular formula is C66H90ClN5O16. The van der Waals surface area contributed by atoms with Crippen LogP contribution in [0.4, 0.5) is 0 Å². The summed E-state index contributed by atoms with van der Waals surface area (Å²) in [6.07, 6.45) is 1.26. The summed E-state index contributed by atoms with van der Waals surface area (Å²) in [5.41, 5.74) is 7.43. The third-order valence-electron chi connectivity index (χ3n) is 19.5. The molecule has 4 aliphatic carbocycles. The van der Waals surface area contributed by atoms with Crippen LogP contribution < -0.4 is 27.0 Å². The highest BCUT2D eigenvalue weighted by molar-refractivity contribution is 5.95. The number of carbonyl (C=O) groups is 9. The fraction of sp³-hybridized carbons (Fsp3) is 0.591. The average Bonchev–Trinajstić information content (AvgIpc) is 1.31. The molecular weight excluding hydrogens is 1150 g/mol. The Bertz CT molecular complexity index is 2840. The number of hydrogen-bond acceptors (Lipinski definition) is 16. The quantitative estimate of drug-likeness (QED) is 0.0268. The number of aliphatic carboxylic acids is 1. The number of ether oxygens (including phenoxy) is 4. The molecule has 482 valence electrons. The number of aliphatic hydroxyl groups excluding tert-OH is 2. The van der Waals surface area contributed by atoms with Gasteiger partial charge in [-0.1, -0.05) is 112 Å². The number of methoxy groups -OCH3 is 1. The maximum Gasteiger partial charge on any atom is 0.306 e. The maximum atomic E-state index is 14.8. The lowest BCUT2D eigenvalue weighted by Gasteiger charge is -2.63. The normalized spacial score (nSPS) is 25.9. The van der Waals surface area contributed by atoms with E-state index in [0.717, 1.165) is 18.4 Å². The van der Waals surface area contributed by atoms with Crippen molar-refractivity contribution in [3.63, 3.8) is 0 Å². The number of carboxylic acid groups (broad SMARTS) is 1. The van der Waals surface area contributed by atoms with Gasteiger partial charge < -0.3 is 61.3 Å². The van der Waals surface area contributed by atoms with Gasteiger partial charge in [0.2, 0.25) is 23.6 Å². The van der Waals surface area contributed by atoms with Crippen LogP contribution >= 0.6 is 12.4 Å². The molecule has 7 rings (SSSR count). The number of carbonyl (C=O) groups excluding carboxylic acids is 8. The Morgan fingerprint density at radius 3 is 1.49 bits per heavy atom. The highest BCUT2D eigenvalue weighted by Gasteiger charge is 2.66. The molecule has 4 fully saturated rings. The summed E-state index contributed by atoms with van der Waals surface area (Å²) in [5.74, 6) is -6.73. The van der Waals surface area contributed by atoms with Crippen LogP contribution in [0.2, 0.25) is 0 Å². The molecule has 15 atom stereocenters. The van der Waals surface area contributed by atoms with Crippen LogP contribution in [0.1, 0.15) is 147 Å². The summed E-state index contributed by atoms with van der Waals surface area (Å²) in [6, 6.07) is 20.3. The summed E-state index contributed by atoms with van der Waals surface area (Å²) >= 11 is 0. The van der Waals surface area contributed by atoms with Gasteiger partial charge in [0.1, 0.15) is 37.9 Å². The van der Waals surface area contributed by atoms with Crippen LogP contribution in [0, 0.1) is 46.3 Å². The van der Waals surface area contributed by atoms with E-state index >= 15 is 0 Å². The fourth-order valence-corrected chi connectivity index (χ4v) is 14.5. The van der Waals surface area contributed by atoms with E-state index in [4.69, 9.17) is 24.7 Å². The van der Waals surface area contributed by atoms with E-state index in [-0.39, 0.29) is 111 Å². The molecule has 0 bridgehead atoms. The molecule has 88 heavy (non-hydrogen) atoms. The smallest absolute Gasteiger partial charge is 0.306 e. The van der Waals surface area contributed by atoms with E-state index in [1.54, 1.807) is 84.9 Å². The summed E-state index contributed by atoms with van der Waals surface area (Å²) in [4.78, 5) is 121. The second-order valence-electron chi connectivity index (χ2n) is 24.9. The number of benzene rings is 3. The zero-order chi connectivity index (χ0) is 62.8. The second-order valence-corrected chi connectivity index (χ2v) is 24.9. The second kappa shape index (κ2) is 33.0. The number of carboxylic acids is 1. The molecule has 0 heterocycles. The van der Waals surface area contributed by atoms with Crippen LogP contribution in [-0.4, -0.2) is 118 Å². The monoisotopic (exact) mass is 1240 g/mol. The summed E-state index contributed by atoms with van der Waals surface area (Å²) < 4.78 is 21.4. The van der Waals surface area contributed by atoms with Gasteiger partial charge in [-0.15, -0.1) is 12.4 Å². The number of esters is 4. The first-order chi connectivity index (χ1) is 41.6. The van der Waals surface area contributed by atoms with Gasteiger partial charge in [-0.05, 0) is 140 Å². The van der Waals surface area contributed by atoms with Crippen molar-refractivity contribution in [1.82, 2.24) is 21.3 Å². The Balaban J connectivity index is 0.0000124. The van der Waals surface area contributed by atoms with Crippen LogP contribution in [0.5, 0.6) is 0 Å². The largest absolute Gasteiger partial charge is 0.481 e. The van der Waals surface area contributed by atoms with Gasteiger partial charge in [0, 0.05) is 38.1 Å². The van der Waals surface area contributed by atoms with E-state index < -0.39 is 115 Å². The third kappa shape index (κ3) is 18.8. The number of aliphatic hydroxyl groups is 2. The van der Waals surface area contributed by atoms with Crippen LogP contribution in [-0.2, 0) is 81.9 Å². The number of amides is 4. The molecule has 4 saturated carbocycles. The topological polar surface area (TPSA) is 325 Å². The highest BCUT2D eigenvalue weighted by atomic mass is 35.5. The lowest BCUT2D eigenvalue weighted by atomic mass is 9.43. The van der Waals surface area contributed by atoms with Gasteiger partial charge in [0.25, 0.3) is 0 Å². The van der Waals surface area contributed by atoms with Crippen molar-refractivity contribution >= 4 is 65.9 Å².